The molecule has 0 saturated carbocycles. The number of aliphatic imine (C=N–C) groups is 1. The van der Waals surface area contributed by atoms with Gasteiger partial charge in [0.15, 0.2) is 5.17 Å². The molecule has 0 radical (unpaired) electrons. The Kier molecular flexibility index (Phi) is 3.12. The van der Waals surface area contributed by atoms with Crippen molar-refractivity contribution in [3.8, 4) is 0 Å². The van der Waals surface area contributed by atoms with E-state index in [-0.39, 0.29) is 0 Å². The Bertz CT molecular complexity index is 790. The van der Waals surface area contributed by atoms with Gasteiger partial charge in [0.2, 0.25) is 0 Å². The molecule has 1 aromatic heterocycles. The van der Waals surface area contributed by atoms with Crippen LogP contribution in [0.1, 0.15) is 0 Å². The first kappa shape index (κ1) is 12.5. The normalized spacial score (nSPS) is 14.4. The summed E-state index contributed by atoms with van der Waals surface area (Å²) in [4.78, 5) is 9.12. The molecule has 104 valence electrons. The van der Waals surface area contributed by atoms with Crippen molar-refractivity contribution in [3.63, 3.8) is 0 Å². The van der Waals surface area contributed by atoms with Crippen LogP contribution in [-0.4, -0.2) is 22.4 Å². The number of rotatable bonds is 2. The zero-order valence-corrected chi connectivity index (χ0v) is 12.2. The first-order valence-electron chi connectivity index (χ1n) is 6.88. The number of nitrogens with one attached hydrogen (secondary N) is 2. The van der Waals surface area contributed by atoms with Gasteiger partial charge >= 0.3 is 0 Å². The van der Waals surface area contributed by atoms with Gasteiger partial charge < -0.3 is 0 Å². The summed E-state index contributed by atoms with van der Waals surface area (Å²) >= 11 is 1.73. The van der Waals surface area contributed by atoms with E-state index in [2.05, 4.69) is 28.0 Å². The van der Waals surface area contributed by atoms with Crippen LogP contribution in [0, 0.1) is 0 Å². The van der Waals surface area contributed by atoms with E-state index in [4.69, 9.17) is 4.98 Å². The van der Waals surface area contributed by atoms with Crippen molar-refractivity contribution >= 4 is 44.4 Å². The number of hydrogen-bond donors (Lipinski definition) is 2. The summed E-state index contributed by atoms with van der Waals surface area (Å²) in [6.07, 6.45) is 0. The Morgan fingerprint density at radius 2 is 1.52 bits per heavy atom. The van der Waals surface area contributed by atoms with E-state index < -0.39 is 0 Å². The fourth-order valence-electron chi connectivity index (χ4n) is 2.50. The molecule has 4 rings (SSSR count). The quantitative estimate of drug-likeness (QED) is 0.562. The van der Waals surface area contributed by atoms with Crippen molar-refractivity contribution in [1.29, 1.82) is 0 Å². The summed E-state index contributed by atoms with van der Waals surface area (Å²) in [5.74, 6) is 1.04. The minimum Gasteiger partial charge on any atom is -0.298 e. The fraction of sp³-hybridized carbons (Fsp3) is 0.125. The third-order valence-electron chi connectivity index (χ3n) is 3.47. The molecule has 0 aliphatic carbocycles. The maximum atomic E-state index is 4.71. The number of anilines is 1. The largest absolute Gasteiger partial charge is 0.298 e. The Balaban J connectivity index is 1.85. The van der Waals surface area contributed by atoms with E-state index in [9.17, 15) is 0 Å². The molecule has 0 atom stereocenters. The second-order valence-corrected chi connectivity index (χ2v) is 5.89. The van der Waals surface area contributed by atoms with Crippen LogP contribution in [0.2, 0.25) is 0 Å². The molecular formula is C16H14N4S. The molecule has 0 amide bonds. The van der Waals surface area contributed by atoms with E-state index >= 15 is 0 Å². The van der Waals surface area contributed by atoms with E-state index in [0.717, 1.165) is 45.0 Å². The number of fused-ring (bicyclic) bond motifs is 2. The summed E-state index contributed by atoms with van der Waals surface area (Å²) in [5.41, 5.74) is 9.57. The van der Waals surface area contributed by atoms with Crippen molar-refractivity contribution in [1.82, 2.24) is 10.4 Å². The second kappa shape index (κ2) is 5.26. The van der Waals surface area contributed by atoms with Crippen LogP contribution in [0.25, 0.3) is 21.8 Å². The molecule has 21 heavy (non-hydrogen) atoms. The molecule has 3 aromatic rings. The molecule has 5 heteroatoms. The minimum atomic E-state index is 0.881. The van der Waals surface area contributed by atoms with Gasteiger partial charge in [0.25, 0.3) is 0 Å². The maximum absolute atomic E-state index is 4.71. The van der Waals surface area contributed by atoms with Crippen molar-refractivity contribution in [3.05, 3.63) is 48.5 Å². The summed E-state index contributed by atoms with van der Waals surface area (Å²) in [7, 11) is 0. The van der Waals surface area contributed by atoms with E-state index in [1.807, 2.05) is 36.4 Å². The topological polar surface area (TPSA) is 49.3 Å². The molecule has 2 aromatic carbocycles. The Morgan fingerprint density at radius 1 is 0.857 bits per heavy atom. The van der Waals surface area contributed by atoms with Crippen molar-refractivity contribution in [2.45, 2.75) is 0 Å². The lowest BCUT2D eigenvalue weighted by molar-refractivity contribution is 1.10. The lowest BCUT2D eigenvalue weighted by Crippen LogP contribution is -2.26. The zero-order chi connectivity index (χ0) is 14.1. The summed E-state index contributed by atoms with van der Waals surface area (Å²) in [5, 5.41) is 3.15. The molecule has 0 fully saturated rings. The van der Waals surface area contributed by atoms with Gasteiger partial charge in [0.05, 0.1) is 23.3 Å². The van der Waals surface area contributed by atoms with Crippen molar-refractivity contribution in [2.24, 2.45) is 4.99 Å². The van der Waals surface area contributed by atoms with Crippen molar-refractivity contribution in [2.75, 3.05) is 17.7 Å². The lowest BCUT2D eigenvalue weighted by atomic mass is 10.1. The van der Waals surface area contributed by atoms with Gasteiger partial charge in [-0.05, 0) is 12.1 Å². The molecule has 2 N–H and O–H groups in total. The number of aromatic nitrogens is 1. The Morgan fingerprint density at radius 3 is 2.14 bits per heavy atom. The first-order valence-corrected chi connectivity index (χ1v) is 7.87. The van der Waals surface area contributed by atoms with Gasteiger partial charge in [0, 0.05) is 16.5 Å². The van der Waals surface area contributed by atoms with Crippen LogP contribution in [0.15, 0.2) is 53.5 Å². The third kappa shape index (κ3) is 2.29. The molecule has 1 aliphatic heterocycles. The number of amidine groups is 1. The first-order chi connectivity index (χ1) is 10.4. The standard InChI is InChI=1S/C16H14N4S/c1-3-7-13-11(5-1)15(19-20-16-17-9-10-21-16)12-6-2-4-8-14(12)18-13/h1-8H,9-10H2,(H,17,20)(H,18,19). The minimum absolute atomic E-state index is 0.881. The van der Waals surface area contributed by atoms with Crippen LogP contribution in [0.5, 0.6) is 0 Å². The van der Waals surface area contributed by atoms with Gasteiger partial charge in [-0.1, -0.05) is 48.2 Å². The Labute approximate surface area is 126 Å². The smallest absolute Gasteiger partial charge is 0.175 e. The predicted octanol–water partition coefficient (Wildman–Crippen LogP) is 3.41. The second-order valence-electron chi connectivity index (χ2n) is 4.81. The SMILES string of the molecule is c1ccc2c(NNC3=NCCS3)c3ccccc3nc2c1. The molecule has 4 nitrogen and oxygen atoms in total. The molecular weight excluding hydrogens is 280 g/mol. The summed E-state index contributed by atoms with van der Waals surface area (Å²) in [6.45, 7) is 0.881. The molecule has 0 unspecified atom stereocenters. The highest BCUT2D eigenvalue weighted by molar-refractivity contribution is 8.14. The number of nitrogens with zero attached hydrogens (tertiary/aromatic N) is 2. The fourth-order valence-corrected chi connectivity index (χ4v) is 3.18. The van der Waals surface area contributed by atoms with Crippen LogP contribution < -0.4 is 10.9 Å². The van der Waals surface area contributed by atoms with Crippen LogP contribution in [-0.2, 0) is 0 Å². The molecule has 2 heterocycles. The number of para-hydroxylation sites is 2. The maximum Gasteiger partial charge on any atom is 0.175 e. The van der Waals surface area contributed by atoms with Gasteiger partial charge in [-0.15, -0.1) is 0 Å². The van der Waals surface area contributed by atoms with Crippen LogP contribution in [0.4, 0.5) is 5.69 Å². The predicted molar refractivity (Wildman–Crippen MR) is 90.8 cm³/mol. The number of benzene rings is 2. The number of hydrazine groups is 1. The van der Waals surface area contributed by atoms with Gasteiger partial charge in [-0.2, -0.15) is 0 Å². The number of thioether (sulfide) groups is 1. The molecule has 0 bridgehead atoms. The molecule has 1 aliphatic rings. The average molecular weight is 294 g/mol. The highest BCUT2D eigenvalue weighted by Gasteiger charge is 2.10. The van der Waals surface area contributed by atoms with Crippen LogP contribution >= 0.6 is 11.8 Å². The van der Waals surface area contributed by atoms with E-state index in [1.165, 1.54) is 0 Å². The highest BCUT2D eigenvalue weighted by atomic mass is 32.2. The van der Waals surface area contributed by atoms with Crippen LogP contribution in [0.3, 0.4) is 0 Å². The van der Waals surface area contributed by atoms with E-state index in [1.54, 1.807) is 11.8 Å². The summed E-state index contributed by atoms with van der Waals surface area (Å²) in [6, 6.07) is 16.3. The van der Waals surface area contributed by atoms with Gasteiger partial charge in [-0.3, -0.25) is 15.8 Å². The monoisotopic (exact) mass is 294 g/mol. The third-order valence-corrected chi connectivity index (χ3v) is 4.36. The Hall–Kier alpha value is -2.27. The number of hydrogen-bond acceptors (Lipinski definition) is 5. The molecule has 0 saturated heterocycles. The van der Waals surface area contributed by atoms with Gasteiger partial charge in [0.1, 0.15) is 0 Å². The highest BCUT2D eigenvalue weighted by Crippen LogP contribution is 2.30. The number of pyridine rings is 1. The molecule has 0 spiro atoms. The zero-order valence-electron chi connectivity index (χ0n) is 11.3. The lowest BCUT2D eigenvalue weighted by Gasteiger charge is -2.14. The van der Waals surface area contributed by atoms with E-state index in [0.29, 0.717) is 0 Å². The summed E-state index contributed by atoms with van der Waals surface area (Å²) < 4.78 is 0. The van der Waals surface area contributed by atoms with Crippen molar-refractivity contribution < 1.29 is 0 Å². The van der Waals surface area contributed by atoms with Gasteiger partial charge in [-0.25, -0.2) is 4.98 Å². The average Bonchev–Trinajstić information content (AvgIpc) is 3.05.